The minimum atomic E-state index is -1.01. The van der Waals surface area contributed by atoms with Crippen molar-refractivity contribution >= 4 is 17.5 Å². The molecule has 1 aromatic heterocycles. The number of aromatic nitrogens is 1. The SMILES string of the molecule is CC(CC1CC1)Nc1ncc(N)cc1C(=O)O. The summed E-state index contributed by atoms with van der Waals surface area (Å²) in [6.45, 7) is 2.04. The maximum atomic E-state index is 11.1. The summed E-state index contributed by atoms with van der Waals surface area (Å²) < 4.78 is 0. The molecule has 0 aromatic carbocycles. The van der Waals surface area contributed by atoms with Crippen molar-refractivity contribution in [2.45, 2.75) is 32.2 Å². The molecule has 1 heterocycles. The van der Waals surface area contributed by atoms with Gasteiger partial charge in [-0.1, -0.05) is 12.8 Å². The van der Waals surface area contributed by atoms with Crippen molar-refractivity contribution in [2.24, 2.45) is 5.92 Å². The molecule has 0 radical (unpaired) electrons. The Balaban J connectivity index is 2.10. The number of hydrogen-bond donors (Lipinski definition) is 3. The molecule has 0 saturated heterocycles. The summed E-state index contributed by atoms with van der Waals surface area (Å²) in [4.78, 5) is 15.1. The summed E-state index contributed by atoms with van der Waals surface area (Å²) in [6, 6.07) is 1.67. The standard InChI is InChI=1S/C12H17N3O2/c1-7(4-8-2-3-8)15-11-10(12(16)17)5-9(13)6-14-11/h5-8H,2-4,13H2,1H3,(H,14,15)(H,16,17). The molecule has 0 spiro atoms. The number of aromatic carboxylic acids is 1. The normalized spacial score (nSPS) is 16.5. The number of carbonyl (C=O) groups is 1. The maximum absolute atomic E-state index is 11.1. The van der Waals surface area contributed by atoms with Gasteiger partial charge < -0.3 is 16.2 Å². The smallest absolute Gasteiger partial charge is 0.339 e. The number of carboxylic acid groups (broad SMARTS) is 1. The molecular weight excluding hydrogens is 218 g/mol. The highest BCUT2D eigenvalue weighted by atomic mass is 16.4. The van der Waals surface area contributed by atoms with Gasteiger partial charge in [0.25, 0.3) is 0 Å². The second-order valence-electron chi connectivity index (χ2n) is 4.69. The molecule has 2 rings (SSSR count). The van der Waals surface area contributed by atoms with Crippen LogP contribution in [0.15, 0.2) is 12.3 Å². The van der Waals surface area contributed by atoms with Crippen molar-refractivity contribution in [1.82, 2.24) is 4.98 Å². The lowest BCUT2D eigenvalue weighted by atomic mass is 10.1. The Morgan fingerprint density at radius 3 is 3.00 bits per heavy atom. The van der Waals surface area contributed by atoms with Gasteiger partial charge >= 0.3 is 5.97 Å². The first kappa shape index (κ1) is 11.7. The first-order valence-corrected chi connectivity index (χ1v) is 5.81. The van der Waals surface area contributed by atoms with Crippen molar-refractivity contribution < 1.29 is 9.90 Å². The van der Waals surface area contributed by atoms with Crippen LogP contribution in [-0.4, -0.2) is 22.1 Å². The summed E-state index contributed by atoms with van der Waals surface area (Å²) in [5, 5.41) is 12.2. The molecule has 1 saturated carbocycles. The molecule has 0 bridgehead atoms. The second kappa shape index (κ2) is 4.61. The van der Waals surface area contributed by atoms with E-state index in [1.807, 2.05) is 6.92 Å². The van der Waals surface area contributed by atoms with Gasteiger partial charge in [-0.2, -0.15) is 0 Å². The molecule has 5 heteroatoms. The van der Waals surface area contributed by atoms with E-state index in [-0.39, 0.29) is 11.6 Å². The predicted molar refractivity (Wildman–Crippen MR) is 66.0 cm³/mol. The quantitative estimate of drug-likeness (QED) is 0.726. The van der Waals surface area contributed by atoms with Gasteiger partial charge in [0, 0.05) is 6.04 Å². The van der Waals surface area contributed by atoms with E-state index in [9.17, 15) is 4.79 Å². The van der Waals surface area contributed by atoms with Crippen LogP contribution < -0.4 is 11.1 Å². The number of hydrogen-bond acceptors (Lipinski definition) is 4. The van der Waals surface area contributed by atoms with Crippen LogP contribution in [0.2, 0.25) is 0 Å². The summed E-state index contributed by atoms with van der Waals surface area (Å²) in [5.41, 5.74) is 6.03. The van der Waals surface area contributed by atoms with Crippen molar-refractivity contribution in [1.29, 1.82) is 0 Å². The third-order valence-electron chi connectivity index (χ3n) is 2.91. The fraction of sp³-hybridized carbons (Fsp3) is 0.500. The molecule has 0 amide bonds. The molecule has 17 heavy (non-hydrogen) atoms. The van der Waals surface area contributed by atoms with Crippen LogP contribution in [0.25, 0.3) is 0 Å². The number of nitrogen functional groups attached to an aromatic ring is 1. The highest BCUT2D eigenvalue weighted by Gasteiger charge is 2.24. The van der Waals surface area contributed by atoms with Gasteiger partial charge in [0.1, 0.15) is 11.4 Å². The number of rotatable bonds is 5. The van der Waals surface area contributed by atoms with Gasteiger partial charge in [0.2, 0.25) is 0 Å². The molecule has 1 aromatic rings. The van der Waals surface area contributed by atoms with Gasteiger partial charge in [-0.15, -0.1) is 0 Å². The van der Waals surface area contributed by atoms with Crippen LogP contribution in [0, 0.1) is 5.92 Å². The number of nitrogens with one attached hydrogen (secondary N) is 1. The van der Waals surface area contributed by atoms with Crippen molar-refractivity contribution in [3.8, 4) is 0 Å². The Morgan fingerprint density at radius 2 is 2.41 bits per heavy atom. The third-order valence-corrected chi connectivity index (χ3v) is 2.91. The first-order valence-electron chi connectivity index (χ1n) is 5.81. The molecule has 92 valence electrons. The molecule has 5 nitrogen and oxygen atoms in total. The summed E-state index contributed by atoms with van der Waals surface area (Å²) >= 11 is 0. The van der Waals surface area contributed by atoms with Crippen LogP contribution in [0.3, 0.4) is 0 Å². The Bertz CT molecular complexity index is 430. The fourth-order valence-electron chi connectivity index (χ4n) is 1.90. The highest BCUT2D eigenvalue weighted by molar-refractivity contribution is 5.94. The Labute approximate surface area is 100 Å². The predicted octanol–water partition coefficient (Wildman–Crippen LogP) is 1.96. The van der Waals surface area contributed by atoms with Gasteiger partial charge in [-0.25, -0.2) is 9.78 Å². The Morgan fingerprint density at radius 1 is 1.71 bits per heavy atom. The fourth-order valence-corrected chi connectivity index (χ4v) is 1.90. The number of pyridine rings is 1. The van der Waals surface area contributed by atoms with Crippen LogP contribution >= 0.6 is 0 Å². The molecule has 1 aliphatic rings. The minimum Gasteiger partial charge on any atom is -0.478 e. The minimum absolute atomic E-state index is 0.132. The zero-order chi connectivity index (χ0) is 12.4. The van der Waals surface area contributed by atoms with E-state index in [1.165, 1.54) is 25.1 Å². The summed E-state index contributed by atoms with van der Waals surface area (Å²) in [5.74, 6) is 0.185. The van der Waals surface area contributed by atoms with E-state index in [1.54, 1.807) is 0 Å². The highest BCUT2D eigenvalue weighted by Crippen LogP contribution is 2.34. The molecule has 1 atom stereocenters. The van der Waals surface area contributed by atoms with Gasteiger partial charge in [0.15, 0.2) is 0 Å². The number of nitrogens with two attached hydrogens (primary N) is 1. The van der Waals surface area contributed by atoms with E-state index >= 15 is 0 Å². The third kappa shape index (κ3) is 3.09. The van der Waals surface area contributed by atoms with Crippen LogP contribution in [0.5, 0.6) is 0 Å². The first-order chi connectivity index (χ1) is 8.06. The van der Waals surface area contributed by atoms with Crippen LogP contribution in [0.1, 0.15) is 36.5 Å². The van der Waals surface area contributed by atoms with E-state index < -0.39 is 5.97 Å². The molecule has 0 aliphatic heterocycles. The zero-order valence-corrected chi connectivity index (χ0v) is 9.81. The van der Waals surface area contributed by atoms with E-state index in [0.29, 0.717) is 11.5 Å². The van der Waals surface area contributed by atoms with Gasteiger partial charge in [-0.05, 0) is 25.3 Å². The lowest BCUT2D eigenvalue weighted by Crippen LogP contribution is -2.19. The second-order valence-corrected chi connectivity index (χ2v) is 4.69. The molecule has 1 unspecified atom stereocenters. The summed E-state index contributed by atoms with van der Waals surface area (Å²) in [6.07, 6.45) is 5.10. The Hall–Kier alpha value is -1.78. The van der Waals surface area contributed by atoms with Gasteiger partial charge in [-0.3, -0.25) is 0 Å². The zero-order valence-electron chi connectivity index (χ0n) is 9.81. The average molecular weight is 235 g/mol. The van der Waals surface area contributed by atoms with Crippen molar-refractivity contribution in [2.75, 3.05) is 11.1 Å². The largest absolute Gasteiger partial charge is 0.478 e. The van der Waals surface area contributed by atoms with Crippen LogP contribution in [0.4, 0.5) is 11.5 Å². The Kier molecular flexibility index (Phi) is 3.17. The molecule has 4 N–H and O–H groups in total. The van der Waals surface area contributed by atoms with E-state index in [2.05, 4.69) is 10.3 Å². The lowest BCUT2D eigenvalue weighted by molar-refractivity contribution is 0.0697. The van der Waals surface area contributed by atoms with Crippen LogP contribution in [-0.2, 0) is 0 Å². The van der Waals surface area contributed by atoms with Crippen molar-refractivity contribution in [3.05, 3.63) is 17.8 Å². The lowest BCUT2D eigenvalue weighted by Gasteiger charge is -2.15. The maximum Gasteiger partial charge on any atom is 0.339 e. The number of anilines is 2. The molecule has 1 fully saturated rings. The monoisotopic (exact) mass is 235 g/mol. The topological polar surface area (TPSA) is 88.2 Å². The van der Waals surface area contributed by atoms with Crippen molar-refractivity contribution in [3.63, 3.8) is 0 Å². The van der Waals surface area contributed by atoms with E-state index in [0.717, 1.165) is 12.3 Å². The molecular formula is C12H17N3O2. The summed E-state index contributed by atoms with van der Waals surface area (Å²) in [7, 11) is 0. The van der Waals surface area contributed by atoms with E-state index in [4.69, 9.17) is 10.8 Å². The number of carboxylic acids is 1. The molecule has 1 aliphatic carbocycles. The number of nitrogens with zero attached hydrogens (tertiary/aromatic N) is 1. The average Bonchev–Trinajstić information content (AvgIpc) is 3.04. The van der Waals surface area contributed by atoms with Gasteiger partial charge in [0.05, 0.1) is 11.9 Å².